The molecule has 2 saturated heterocycles. The smallest absolute Gasteiger partial charge is 0.196 e. The maximum absolute atomic E-state index is 13.1. The average molecular weight is 697 g/mol. The molecule has 276 valence electrons. The van der Waals surface area contributed by atoms with Crippen LogP contribution in [-0.4, -0.2) is 134 Å². The van der Waals surface area contributed by atoms with Gasteiger partial charge < -0.3 is 64.2 Å². The molecular weight excluding hydrogens is 644 g/mol. The summed E-state index contributed by atoms with van der Waals surface area (Å²) in [6.45, 7) is 3.14. The molecule has 0 bridgehead atoms. The van der Waals surface area contributed by atoms with Gasteiger partial charge in [0.15, 0.2) is 25.0 Å². The Hall–Kier alpha value is -1.56. The molecule has 3 aliphatic heterocycles. The zero-order valence-corrected chi connectivity index (χ0v) is 28.1. The van der Waals surface area contributed by atoms with Crippen LogP contribution in [0.1, 0.15) is 71.6 Å². The van der Waals surface area contributed by atoms with E-state index in [1.54, 1.807) is 13.0 Å². The number of ether oxygens (including phenoxy) is 5. The number of aliphatic hydroxyl groups excluding tert-OH is 6. The van der Waals surface area contributed by atoms with E-state index in [-0.39, 0.29) is 42.2 Å². The van der Waals surface area contributed by atoms with Crippen LogP contribution < -0.4 is 0 Å². The summed E-state index contributed by atoms with van der Waals surface area (Å²) in [5.41, 5.74) is -2.02. The monoisotopic (exact) mass is 696 g/mol. The number of hydrogen-bond acceptors (Lipinski definition) is 14. The molecule has 0 aromatic rings. The Morgan fingerprint density at radius 3 is 2.31 bits per heavy atom. The second-order valence-corrected chi connectivity index (χ2v) is 16.0. The first kappa shape index (κ1) is 35.8. The first-order chi connectivity index (χ1) is 23.3. The van der Waals surface area contributed by atoms with Crippen LogP contribution in [0.25, 0.3) is 0 Å². The molecule has 0 aromatic carbocycles. The quantitative estimate of drug-likeness (QED) is 0.131. The number of carbonyl (C=O) groups is 2. The molecule has 0 amide bonds. The number of carbonyl (C=O) groups excluding carboxylic acids is 2. The molecule has 0 radical (unpaired) electrons. The Kier molecular flexibility index (Phi) is 9.60. The Bertz CT molecular complexity index is 1290. The lowest BCUT2D eigenvalue weighted by Crippen LogP contribution is -2.64. The molecule has 18 unspecified atom stereocenters. The van der Waals surface area contributed by atoms with Crippen LogP contribution >= 0.6 is 0 Å². The van der Waals surface area contributed by atoms with Gasteiger partial charge in [-0.1, -0.05) is 6.92 Å². The first-order valence-corrected chi connectivity index (χ1v) is 18.0. The minimum atomic E-state index is -1.68. The molecule has 49 heavy (non-hydrogen) atoms. The number of aliphatic hydroxyl groups is 7. The van der Waals surface area contributed by atoms with Crippen molar-refractivity contribution in [2.45, 2.75) is 145 Å². The molecule has 6 fully saturated rings. The number of hydrogen-bond donors (Lipinski definition) is 7. The van der Waals surface area contributed by atoms with Crippen molar-refractivity contribution in [2.75, 3.05) is 13.2 Å². The summed E-state index contributed by atoms with van der Waals surface area (Å²) in [5, 5.41) is 74.6. The molecule has 7 N–H and O–H groups in total. The summed E-state index contributed by atoms with van der Waals surface area (Å²) in [6.07, 6.45) is -5.53. The standard InChI is InChI=1S/C35H52O14/c1-16-30(49-32-28(42)26(40)25(39)24(13-36)48-32)27(41)29(43)31(46-16)47-19-5-9-34(15-37)17(11-19)3-4-21-20(34)6-8-33(2)22(7-10-35(21,33)44)23-12-18(38)14-45-23/h12,15-17,19-22,24-32,36,39-44H,3-11,13-14H2,1-2H3. The van der Waals surface area contributed by atoms with E-state index in [2.05, 4.69) is 6.92 Å². The minimum absolute atomic E-state index is 0.0130. The van der Waals surface area contributed by atoms with Gasteiger partial charge in [-0.3, -0.25) is 4.79 Å². The van der Waals surface area contributed by atoms with Crippen molar-refractivity contribution < 1.29 is 69.0 Å². The highest BCUT2D eigenvalue weighted by Gasteiger charge is 2.69. The van der Waals surface area contributed by atoms with E-state index in [9.17, 15) is 45.3 Å². The molecule has 7 rings (SSSR count). The highest BCUT2D eigenvalue weighted by molar-refractivity contribution is 5.93. The van der Waals surface area contributed by atoms with Crippen LogP contribution in [0.4, 0.5) is 0 Å². The predicted octanol–water partition coefficient (Wildman–Crippen LogP) is -0.541. The lowest BCUT2D eigenvalue weighted by molar-refractivity contribution is -0.360. The summed E-state index contributed by atoms with van der Waals surface area (Å²) in [6, 6.07) is 0. The van der Waals surface area contributed by atoms with Crippen molar-refractivity contribution in [3.63, 3.8) is 0 Å². The van der Waals surface area contributed by atoms with Crippen molar-refractivity contribution in [1.82, 2.24) is 0 Å². The van der Waals surface area contributed by atoms with Crippen molar-refractivity contribution in [3.05, 3.63) is 11.8 Å². The molecule has 3 heterocycles. The van der Waals surface area contributed by atoms with Gasteiger partial charge in [-0.05, 0) is 82.5 Å². The molecule has 0 spiro atoms. The second kappa shape index (κ2) is 13.1. The Balaban J connectivity index is 0.997. The van der Waals surface area contributed by atoms with Gasteiger partial charge in [-0.25, -0.2) is 0 Å². The molecule has 4 aliphatic carbocycles. The summed E-state index contributed by atoms with van der Waals surface area (Å²) in [4.78, 5) is 25.1. The van der Waals surface area contributed by atoms with E-state index < -0.39 is 84.4 Å². The average Bonchev–Trinajstić information content (AvgIpc) is 3.64. The molecule has 14 nitrogen and oxygen atoms in total. The summed E-state index contributed by atoms with van der Waals surface area (Å²) in [7, 11) is 0. The van der Waals surface area contributed by atoms with Gasteiger partial charge in [0.1, 0.15) is 54.8 Å². The fourth-order valence-corrected chi connectivity index (χ4v) is 11.1. The number of fused-ring (bicyclic) bond motifs is 5. The zero-order chi connectivity index (χ0) is 35.0. The van der Waals surface area contributed by atoms with Crippen LogP contribution in [0.3, 0.4) is 0 Å². The SMILES string of the molecule is CC1OC(OC2CCC3(C=O)C(CCC4C3CCC3(C)C(C5=CC(=O)CO5)CCC43O)C2)C(O)C(O)C1OC1OC(CO)C(O)C(O)C1O. The number of aldehydes is 1. The summed E-state index contributed by atoms with van der Waals surface area (Å²) in [5.74, 6) is 0.600. The van der Waals surface area contributed by atoms with Gasteiger partial charge in [0.05, 0.1) is 24.4 Å². The van der Waals surface area contributed by atoms with Crippen LogP contribution in [0, 0.1) is 34.5 Å². The van der Waals surface area contributed by atoms with Crippen molar-refractivity contribution in [1.29, 1.82) is 0 Å². The van der Waals surface area contributed by atoms with E-state index in [4.69, 9.17) is 23.7 Å². The third kappa shape index (κ3) is 5.56. The lowest BCUT2D eigenvalue weighted by Gasteiger charge is -2.63. The highest BCUT2D eigenvalue weighted by atomic mass is 16.7. The Morgan fingerprint density at radius 2 is 1.61 bits per heavy atom. The fraction of sp³-hybridized carbons (Fsp3) is 0.886. The molecule has 0 aromatic heterocycles. The van der Waals surface area contributed by atoms with Gasteiger partial charge in [-0.15, -0.1) is 0 Å². The van der Waals surface area contributed by atoms with Gasteiger partial charge in [-0.2, -0.15) is 0 Å². The van der Waals surface area contributed by atoms with Gasteiger partial charge in [0.25, 0.3) is 0 Å². The third-order valence-electron chi connectivity index (χ3n) is 13.9. The van der Waals surface area contributed by atoms with Crippen LogP contribution in [0.15, 0.2) is 11.8 Å². The molecule has 4 saturated carbocycles. The van der Waals surface area contributed by atoms with Gasteiger partial charge in [0.2, 0.25) is 0 Å². The molecule has 14 heteroatoms. The largest absolute Gasteiger partial charge is 0.489 e. The van der Waals surface area contributed by atoms with E-state index in [0.29, 0.717) is 31.4 Å². The van der Waals surface area contributed by atoms with Gasteiger partial charge in [0, 0.05) is 22.8 Å². The van der Waals surface area contributed by atoms with Crippen molar-refractivity contribution in [3.8, 4) is 0 Å². The molecular formula is C35H52O14. The van der Waals surface area contributed by atoms with E-state index in [1.807, 2.05) is 0 Å². The van der Waals surface area contributed by atoms with E-state index >= 15 is 0 Å². The maximum atomic E-state index is 13.1. The number of allylic oxidation sites excluding steroid dienone is 1. The van der Waals surface area contributed by atoms with Crippen molar-refractivity contribution in [2.24, 2.45) is 34.5 Å². The van der Waals surface area contributed by atoms with Crippen LogP contribution in [0.2, 0.25) is 0 Å². The predicted molar refractivity (Wildman–Crippen MR) is 166 cm³/mol. The lowest BCUT2D eigenvalue weighted by atomic mass is 9.43. The normalized spacial score (nSPS) is 54.3. The van der Waals surface area contributed by atoms with Crippen molar-refractivity contribution >= 4 is 12.1 Å². The summed E-state index contributed by atoms with van der Waals surface area (Å²) < 4.78 is 29.2. The third-order valence-corrected chi connectivity index (χ3v) is 13.9. The highest BCUT2D eigenvalue weighted by Crippen LogP contribution is 2.69. The Morgan fingerprint density at radius 1 is 0.878 bits per heavy atom. The number of ketones is 1. The second-order valence-electron chi connectivity index (χ2n) is 16.0. The zero-order valence-electron chi connectivity index (χ0n) is 28.1. The maximum Gasteiger partial charge on any atom is 0.196 e. The molecule has 18 atom stereocenters. The topological polar surface area (TPSA) is 222 Å². The van der Waals surface area contributed by atoms with Gasteiger partial charge >= 0.3 is 0 Å². The molecule has 7 aliphatic rings. The van der Waals surface area contributed by atoms with Crippen LogP contribution in [-0.2, 0) is 33.3 Å². The van der Waals surface area contributed by atoms with Crippen LogP contribution in [0.5, 0.6) is 0 Å². The summed E-state index contributed by atoms with van der Waals surface area (Å²) >= 11 is 0. The fourth-order valence-electron chi connectivity index (χ4n) is 11.1. The Labute approximate surface area is 285 Å². The van der Waals surface area contributed by atoms with E-state index in [0.717, 1.165) is 38.4 Å². The first-order valence-electron chi connectivity index (χ1n) is 18.0. The van der Waals surface area contributed by atoms with E-state index in [1.165, 1.54) is 0 Å². The number of rotatable bonds is 7. The minimum Gasteiger partial charge on any atom is -0.489 e.